The number of likely N-dealkylation sites (tertiary alicyclic amines) is 1. The molecule has 1 amide bonds. The molecule has 0 radical (unpaired) electrons. The third-order valence-corrected chi connectivity index (χ3v) is 5.56. The molecule has 29 heavy (non-hydrogen) atoms. The molecule has 1 N–H and O–H groups in total. The van der Waals surface area contributed by atoms with Crippen LogP contribution >= 0.6 is 12.3 Å². The van der Waals surface area contributed by atoms with Gasteiger partial charge in [-0.2, -0.15) is 9.19 Å². The van der Waals surface area contributed by atoms with Gasteiger partial charge in [0.15, 0.2) is 23.8 Å². The lowest BCUT2D eigenvalue weighted by Crippen LogP contribution is -2.50. The molecular weight excluding hydrogens is 406 g/mol. The lowest BCUT2D eigenvalue weighted by atomic mass is 9.83. The quantitative estimate of drug-likeness (QED) is 0.785. The molecule has 156 valence electrons. The Morgan fingerprint density at radius 2 is 2.07 bits per heavy atom. The van der Waals surface area contributed by atoms with E-state index in [4.69, 9.17) is 4.74 Å². The minimum absolute atomic E-state index is 0.0143. The Hall–Kier alpha value is -2.69. The van der Waals surface area contributed by atoms with Gasteiger partial charge in [0, 0.05) is 24.2 Å². The van der Waals surface area contributed by atoms with Crippen molar-refractivity contribution in [2.75, 3.05) is 13.7 Å². The van der Waals surface area contributed by atoms with Crippen molar-refractivity contribution in [2.45, 2.75) is 26.3 Å². The monoisotopic (exact) mass is 426 g/mol. The van der Waals surface area contributed by atoms with Crippen molar-refractivity contribution >= 4 is 24.2 Å². The third kappa shape index (κ3) is 4.04. The van der Waals surface area contributed by atoms with Crippen molar-refractivity contribution in [1.82, 2.24) is 19.1 Å². The van der Waals surface area contributed by atoms with Crippen LogP contribution in [0.5, 0.6) is 5.88 Å². The largest absolute Gasteiger partial charge is 0.481 e. The zero-order chi connectivity index (χ0) is 21.3. The molecule has 1 fully saturated rings. The maximum Gasteiger partial charge on any atom is 0.306 e. The molecule has 3 unspecified atom stereocenters. The van der Waals surface area contributed by atoms with Gasteiger partial charge < -0.3 is 14.7 Å². The fourth-order valence-corrected chi connectivity index (χ4v) is 3.89. The predicted molar refractivity (Wildman–Crippen MR) is 101 cm³/mol. The van der Waals surface area contributed by atoms with Gasteiger partial charge in [-0.15, -0.1) is 3.89 Å². The molecule has 0 aromatic carbocycles. The van der Waals surface area contributed by atoms with E-state index in [1.807, 2.05) is 0 Å². The molecule has 1 saturated heterocycles. The molecule has 0 aliphatic carbocycles. The highest BCUT2D eigenvalue weighted by Gasteiger charge is 2.38. The van der Waals surface area contributed by atoms with E-state index >= 15 is 0 Å². The van der Waals surface area contributed by atoms with Crippen LogP contribution in [0, 0.1) is 17.7 Å². The van der Waals surface area contributed by atoms with Crippen molar-refractivity contribution in [3.63, 3.8) is 0 Å². The molecule has 1 aliphatic rings. The van der Waals surface area contributed by atoms with Gasteiger partial charge in [0.1, 0.15) is 0 Å². The zero-order valence-electron chi connectivity index (χ0n) is 16.0. The Labute approximate surface area is 170 Å². The minimum Gasteiger partial charge on any atom is -0.481 e. The number of hydrogen-bond donors (Lipinski definition) is 1. The number of pyridine rings is 1. The predicted octanol–water partition coefficient (Wildman–Crippen LogP) is 3.04. The molecule has 2 aromatic heterocycles. The molecule has 8 nitrogen and oxygen atoms in total. The molecule has 3 heterocycles. The molecule has 3 rings (SSSR count). The van der Waals surface area contributed by atoms with Gasteiger partial charge in [-0.05, 0) is 25.3 Å². The van der Waals surface area contributed by atoms with Crippen LogP contribution in [0.3, 0.4) is 0 Å². The zero-order valence-corrected chi connectivity index (χ0v) is 16.8. The average molecular weight is 426 g/mol. The van der Waals surface area contributed by atoms with Crippen molar-refractivity contribution in [2.24, 2.45) is 11.8 Å². The van der Waals surface area contributed by atoms with Gasteiger partial charge in [0.2, 0.25) is 5.88 Å². The van der Waals surface area contributed by atoms with Gasteiger partial charge in [0.25, 0.3) is 5.91 Å². The smallest absolute Gasteiger partial charge is 0.306 e. The fourth-order valence-electron chi connectivity index (χ4n) is 3.55. The summed E-state index contributed by atoms with van der Waals surface area (Å²) in [4.78, 5) is 29.6. The number of hydrogen-bond acceptors (Lipinski definition) is 6. The number of methoxy groups -OCH3 is 1. The number of carbonyl (C=O) groups is 2. The van der Waals surface area contributed by atoms with Gasteiger partial charge in [-0.3, -0.25) is 9.59 Å². The van der Waals surface area contributed by atoms with E-state index in [1.165, 1.54) is 24.1 Å². The summed E-state index contributed by atoms with van der Waals surface area (Å²) in [5, 5.41) is 13.3. The first-order chi connectivity index (χ1) is 13.8. The first-order valence-electron chi connectivity index (χ1n) is 8.89. The second-order valence-electron chi connectivity index (χ2n) is 7.03. The Balaban J connectivity index is 1.93. The Morgan fingerprint density at radius 1 is 1.34 bits per heavy atom. The number of carboxylic acid groups (broad SMARTS) is 1. The highest BCUT2D eigenvalue weighted by Crippen LogP contribution is 2.32. The summed E-state index contributed by atoms with van der Waals surface area (Å²) < 4.78 is 33.5. The highest BCUT2D eigenvalue weighted by molar-refractivity contribution is 7.92. The van der Waals surface area contributed by atoms with Crippen LogP contribution in [0.4, 0.5) is 8.28 Å². The van der Waals surface area contributed by atoms with Crippen LogP contribution in [-0.2, 0) is 4.79 Å². The summed E-state index contributed by atoms with van der Waals surface area (Å²) >= 11 is -0.268. The highest BCUT2D eigenvalue weighted by atomic mass is 32.2. The van der Waals surface area contributed by atoms with E-state index in [1.54, 1.807) is 13.8 Å². The number of halogens is 2. The van der Waals surface area contributed by atoms with E-state index in [0.29, 0.717) is 6.42 Å². The number of amides is 1. The van der Waals surface area contributed by atoms with Gasteiger partial charge in [-0.1, -0.05) is 6.92 Å². The maximum absolute atomic E-state index is 14.3. The lowest BCUT2D eigenvalue weighted by molar-refractivity contribution is -0.146. The van der Waals surface area contributed by atoms with Crippen LogP contribution in [0.15, 0.2) is 18.3 Å². The van der Waals surface area contributed by atoms with Gasteiger partial charge in [0.05, 0.1) is 24.9 Å². The van der Waals surface area contributed by atoms with Gasteiger partial charge in [-0.25, -0.2) is 9.37 Å². The Bertz CT molecular complexity index is 939. The summed E-state index contributed by atoms with van der Waals surface area (Å²) in [7, 11) is 1.36. The van der Waals surface area contributed by atoms with E-state index in [-0.39, 0.29) is 53.7 Å². The standard InChI is InChI=1S/C18H20F2N4O4S/c1-9-8-23(10(2)4-11(9)18(26)27)17(25)14-6-15(24(22-14)29-20)12-5-16(28-3)21-7-13(12)19/h5-7,9-11H,4,8H2,1-3H3,(H,26,27). The number of ether oxygens (including phenoxy) is 1. The number of carbonyl (C=O) groups excluding carboxylic acids is 1. The molecule has 3 atom stereocenters. The summed E-state index contributed by atoms with van der Waals surface area (Å²) in [6, 6.07) is 2.26. The second kappa shape index (κ2) is 8.36. The summed E-state index contributed by atoms with van der Waals surface area (Å²) in [6.45, 7) is 3.76. The van der Waals surface area contributed by atoms with Crippen LogP contribution in [-0.4, -0.2) is 55.7 Å². The van der Waals surface area contributed by atoms with E-state index < -0.39 is 23.6 Å². The van der Waals surface area contributed by atoms with Crippen molar-refractivity contribution in [3.8, 4) is 17.1 Å². The normalized spacial score (nSPS) is 21.8. The number of rotatable bonds is 5. The number of aromatic nitrogens is 3. The number of piperidine rings is 1. The van der Waals surface area contributed by atoms with Crippen molar-refractivity contribution in [3.05, 3.63) is 29.8 Å². The second-order valence-corrected chi connectivity index (χ2v) is 7.51. The fraction of sp³-hybridized carbons (Fsp3) is 0.444. The van der Waals surface area contributed by atoms with E-state index in [2.05, 4.69) is 10.1 Å². The molecule has 0 saturated carbocycles. The molecule has 1 aliphatic heterocycles. The SMILES string of the molecule is COc1cc(-c2cc(C(=O)N3CC(C)C(C(=O)O)CC3C)nn2SF)c(F)cn1. The lowest BCUT2D eigenvalue weighted by Gasteiger charge is -2.39. The topological polar surface area (TPSA) is 97.5 Å². The summed E-state index contributed by atoms with van der Waals surface area (Å²) in [5.74, 6) is -2.73. The van der Waals surface area contributed by atoms with Crippen molar-refractivity contribution < 1.29 is 27.7 Å². The first-order valence-corrected chi connectivity index (χ1v) is 9.57. The third-order valence-electron chi connectivity index (χ3n) is 5.15. The number of carboxylic acids is 1. The maximum atomic E-state index is 14.3. The van der Waals surface area contributed by atoms with Gasteiger partial charge >= 0.3 is 5.97 Å². The Kier molecular flexibility index (Phi) is 6.06. The summed E-state index contributed by atoms with van der Waals surface area (Å²) in [5.41, 5.74) is -0.0344. The average Bonchev–Trinajstić information content (AvgIpc) is 3.13. The van der Waals surface area contributed by atoms with E-state index in [0.717, 1.165) is 10.3 Å². The molecule has 0 bridgehead atoms. The molecular formula is C18H20F2N4O4S. The minimum atomic E-state index is -0.890. The van der Waals surface area contributed by atoms with Crippen LogP contribution in [0.25, 0.3) is 11.3 Å². The van der Waals surface area contributed by atoms with Crippen molar-refractivity contribution in [1.29, 1.82) is 0 Å². The van der Waals surface area contributed by atoms with Crippen LogP contribution in [0.1, 0.15) is 30.8 Å². The summed E-state index contributed by atoms with van der Waals surface area (Å²) in [6.07, 6.45) is 1.25. The first kappa shape index (κ1) is 21.0. The number of nitrogens with zero attached hydrogens (tertiary/aromatic N) is 4. The number of aliphatic carboxylic acids is 1. The van der Waals surface area contributed by atoms with Crippen LogP contribution < -0.4 is 4.74 Å². The van der Waals surface area contributed by atoms with Crippen LogP contribution in [0.2, 0.25) is 0 Å². The Morgan fingerprint density at radius 3 is 2.69 bits per heavy atom. The molecule has 0 spiro atoms. The molecule has 2 aromatic rings. The molecule has 11 heteroatoms. The van der Waals surface area contributed by atoms with E-state index in [9.17, 15) is 23.0 Å².